The van der Waals surface area contributed by atoms with E-state index in [9.17, 15) is 14.9 Å². The maximum Gasteiger partial charge on any atom is 0.340 e. The standard InChI is InChI=1S/C20H21N3O3S/c1-5-26-20(25)15-8-6-7-9-17(15)23-18(24)11-27-19-16(10-21)13(3)12(2)14(4)22-19/h6-9H,5,11H2,1-4H3,(H,23,24). The lowest BCUT2D eigenvalue weighted by atomic mass is 10.1. The molecule has 0 aliphatic carbocycles. The highest BCUT2D eigenvalue weighted by atomic mass is 32.2. The number of ether oxygens (including phenoxy) is 1. The summed E-state index contributed by atoms with van der Waals surface area (Å²) in [5.74, 6) is -0.710. The zero-order chi connectivity index (χ0) is 20.0. The Morgan fingerprint density at radius 1 is 1.22 bits per heavy atom. The number of thioether (sulfide) groups is 1. The van der Waals surface area contributed by atoms with Crippen molar-refractivity contribution in [2.45, 2.75) is 32.7 Å². The topological polar surface area (TPSA) is 92.1 Å². The number of hydrogen-bond acceptors (Lipinski definition) is 6. The van der Waals surface area contributed by atoms with Gasteiger partial charge in [-0.05, 0) is 51.0 Å². The molecule has 0 saturated heterocycles. The average Bonchev–Trinajstić information content (AvgIpc) is 2.65. The molecule has 1 N–H and O–H groups in total. The minimum absolute atomic E-state index is 0.0702. The molecular weight excluding hydrogens is 362 g/mol. The van der Waals surface area contributed by atoms with Gasteiger partial charge < -0.3 is 10.1 Å². The molecule has 140 valence electrons. The van der Waals surface area contributed by atoms with Crippen LogP contribution in [0.15, 0.2) is 29.3 Å². The third-order valence-corrected chi connectivity index (χ3v) is 5.09. The van der Waals surface area contributed by atoms with Crippen molar-refractivity contribution in [1.82, 2.24) is 4.98 Å². The molecule has 0 aliphatic heterocycles. The number of benzene rings is 1. The predicted molar refractivity (Wildman–Crippen MR) is 105 cm³/mol. The number of nitrogens with zero attached hydrogens (tertiary/aromatic N) is 2. The number of aryl methyl sites for hydroxylation is 1. The summed E-state index contributed by atoms with van der Waals surface area (Å²) in [6, 6.07) is 8.85. The van der Waals surface area contributed by atoms with Gasteiger partial charge in [0.1, 0.15) is 11.1 Å². The number of hydrogen-bond donors (Lipinski definition) is 1. The van der Waals surface area contributed by atoms with Gasteiger partial charge in [-0.25, -0.2) is 9.78 Å². The molecule has 1 aromatic heterocycles. The summed E-state index contributed by atoms with van der Waals surface area (Å²) < 4.78 is 5.01. The predicted octanol–water partition coefficient (Wildman–Crippen LogP) is 3.79. The van der Waals surface area contributed by atoms with Crippen LogP contribution in [-0.4, -0.2) is 29.2 Å². The lowest BCUT2D eigenvalue weighted by Gasteiger charge is -2.12. The Hall–Kier alpha value is -2.85. The highest BCUT2D eigenvalue weighted by molar-refractivity contribution is 8.00. The second-order valence-electron chi connectivity index (χ2n) is 5.84. The van der Waals surface area contributed by atoms with Gasteiger partial charge in [0.05, 0.1) is 29.2 Å². The number of pyridine rings is 1. The summed E-state index contributed by atoms with van der Waals surface area (Å²) in [5.41, 5.74) is 3.87. The molecule has 0 unspecified atom stereocenters. The molecule has 1 heterocycles. The van der Waals surface area contributed by atoms with Crippen molar-refractivity contribution in [1.29, 1.82) is 5.26 Å². The van der Waals surface area contributed by atoms with E-state index in [4.69, 9.17) is 4.74 Å². The molecule has 6 nitrogen and oxygen atoms in total. The van der Waals surface area contributed by atoms with Crippen molar-refractivity contribution in [3.63, 3.8) is 0 Å². The van der Waals surface area contributed by atoms with Crippen molar-refractivity contribution in [2.24, 2.45) is 0 Å². The third kappa shape index (κ3) is 4.86. The maximum atomic E-state index is 12.4. The van der Waals surface area contributed by atoms with Crippen LogP contribution in [0.5, 0.6) is 0 Å². The summed E-state index contributed by atoms with van der Waals surface area (Å²) in [4.78, 5) is 28.8. The fourth-order valence-electron chi connectivity index (χ4n) is 2.45. The fraction of sp³-hybridized carbons (Fsp3) is 0.300. The Bertz CT molecular complexity index is 919. The number of carbonyl (C=O) groups is 2. The van der Waals surface area contributed by atoms with Gasteiger partial charge in [-0.15, -0.1) is 0 Å². The van der Waals surface area contributed by atoms with Crippen LogP contribution in [0.3, 0.4) is 0 Å². The Kier molecular flexibility index (Phi) is 6.97. The van der Waals surface area contributed by atoms with E-state index in [1.807, 2.05) is 20.8 Å². The zero-order valence-corrected chi connectivity index (χ0v) is 16.6. The highest BCUT2D eigenvalue weighted by Gasteiger charge is 2.16. The molecule has 2 rings (SSSR count). The highest BCUT2D eigenvalue weighted by Crippen LogP contribution is 2.26. The first kappa shape index (κ1) is 20.5. The Balaban J connectivity index is 2.13. The molecule has 27 heavy (non-hydrogen) atoms. The van der Waals surface area contributed by atoms with Crippen molar-refractivity contribution < 1.29 is 14.3 Å². The van der Waals surface area contributed by atoms with E-state index in [1.165, 1.54) is 11.8 Å². The molecule has 0 aliphatic rings. The molecule has 0 radical (unpaired) electrons. The summed E-state index contributed by atoms with van der Waals surface area (Å²) in [6.07, 6.45) is 0. The first-order chi connectivity index (χ1) is 12.9. The normalized spacial score (nSPS) is 10.2. The van der Waals surface area contributed by atoms with Crippen LogP contribution in [0.25, 0.3) is 0 Å². The molecule has 1 amide bonds. The van der Waals surface area contributed by atoms with Gasteiger partial charge in [0.2, 0.25) is 5.91 Å². The van der Waals surface area contributed by atoms with Crippen molar-refractivity contribution >= 4 is 29.3 Å². The first-order valence-electron chi connectivity index (χ1n) is 8.45. The molecular formula is C20H21N3O3S. The number of para-hydroxylation sites is 1. The third-order valence-electron chi connectivity index (χ3n) is 4.11. The minimum atomic E-state index is -0.487. The van der Waals surface area contributed by atoms with Crippen LogP contribution in [0.1, 0.15) is 39.7 Å². The lowest BCUT2D eigenvalue weighted by Crippen LogP contribution is -2.17. The molecule has 0 atom stereocenters. The van der Waals surface area contributed by atoms with Gasteiger partial charge in [-0.2, -0.15) is 5.26 Å². The van der Waals surface area contributed by atoms with Gasteiger partial charge in [0, 0.05) is 5.69 Å². The van der Waals surface area contributed by atoms with Gasteiger partial charge in [-0.3, -0.25) is 4.79 Å². The number of nitriles is 1. The summed E-state index contributed by atoms with van der Waals surface area (Å²) in [7, 11) is 0. The van der Waals surface area contributed by atoms with E-state index in [0.717, 1.165) is 16.8 Å². The van der Waals surface area contributed by atoms with Gasteiger partial charge in [0.15, 0.2) is 0 Å². The largest absolute Gasteiger partial charge is 0.462 e. The second kappa shape index (κ2) is 9.19. The quantitative estimate of drug-likeness (QED) is 0.603. The molecule has 2 aromatic rings. The van der Waals surface area contributed by atoms with Gasteiger partial charge in [0.25, 0.3) is 0 Å². The molecule has 7 heteroatoms. The Labute approximate surface area is 162 Å². The van der Waals surface area contributed by atoms with Crippen LogP contribution < -0.4 is 5.32 Å². The van der Waals surface area contributed by atoms with Crippen LogP contribution in [0, 0.1) is 32.1 Å². The fourth-order valence-corrected chi connectivity index (χ4v) is 3.33. The van der Waals surface area contributed by atoms with Crippen molar-refractivity contribution in [3.05, 3.63) is 52.2 Å². The van der Waals surface area contributed by atoms with Gasteiger partial charge >= 0.3 is 5.97 Å². The monoisotopic (exact) mass is 383 g/mol. The smallest absolute Gasteiger partial charge is 0.340 e. The second-order valence-corrected chi connectivity index (χ2v) is 6.81. The van der Waals surface area contributed by atoms with Crippen molar-refractivity contribution in [2.75, 3.05) is 17.7 Å². The Morgan fingerprint density at radius 3 is 2.59 bits per heavy atom. The van der Waals surface area contributed by atoms with Crippen LogP contribution in [-0.2, 0) is 9.53 Å². The van der Waals surface area contributed by atoms with E-state index in [-0.39, 0.29) is 18.3 Å². The van der Waals surface area contributed by atoms with Crippen LogP contribution >= 0.6 is 11.8 Å². The summed E-state index contributed by atoms with van der Waals surface area (Å²) in [6.45, 7) is 7.66. The van der Waals surface area contributed by atoms with Crippen LogP contribution in [0.4, 0.5) is 5.69 Å². The van der Waals surface area contributed by atoms with E-state index in [1.54, 1.807) is 31.2 Å². The zero-order valence-electron chi connectivity index (χ0n) is 15.8. The average molecular weight is 383 g/mol. The maximum absolute atomic E-state index is 12.4. The van der Waals surface area contributed by atoms with Crippen LogP contribution in [0.2, 0.25) is 0 Å². The first-order valence-corrected chi connectivity index (χ1v) is 9.44. The molecule has 0 spiro atoms. The number of aromatic nitrogens is 1. The summed E-state index contributed by atoms with van der Waals surface area (Å²) in [5, 5.41) is 12.7. The number of anilines is 1. The molecule has 0 bridgehead atoms. The van der Waals surface area contributed by atoms with E-state index in [0.29, 0.717) is 21.8 Å². The molecule has 1 aromatic carbocycles. The summed E-state index contributed by atoms with van der Waals surface area (Å²) >= 11 is 1.20. The minimum Gasteiger partial charge on any atom is -0.462 e. The number of rotatable bonds is 6. The van der Waals surface area contributed by atoms with Crippen molar-refractivity contribution in [3.8, 4) is 6.07 Å². The van der Waals surface area contributed by atoms with E-state index < -0.39 is 5.97 Å². The lowest BCUT2D eigenvalue weighted by molar-refractivity contribution is -0.113. The number of carbonyl (C=O) groups excluding carboxylic acids is 2. The Morgan fingerprint density at radius 2 is 1.93 bits per heavy atom. The molecule has 0 fully saturated rings. The van der Waals surface area contributed by atoms with Gasteiger partial charge in [-0.1, -0.05) is 23.9 Å². The SMILES string of the molecule is CCOC(=O)c1ccccc1NC(=O)CSc1nc(C)c(C)c(C)c1C#N. The van der Waals surface area contributed by atoms with E-state index in [2.05, 4.69) is 16.4 Å². The number of amides is 1. The number of esters is 1. The molecule has 0 saturated carbocycles. The van der Waals surface area contributed by atoms with E-state index >= 15 is 0 Å². The number of nitrogens with one attached hydrogen (secondary N) is 1.